The number of nitrogens with zero attached hydrogens (tertiary/aromatic N) is 2. The molecule has 2 heterocycles. The predicted molar refractivity (Wildman–Crippen MR) is 76.6 cm³/mol. The number of pyridine rings is 1. The van der Waals surface area contributed by atoms with Crippen molar-refractivity contribution < 1.29 is 9.31 Å². The molecule has 0 N–H and O–H groups in total. The van der Waals surface area contributed by atoms with Gasteiger partial charge in [0.05, 0.1) is 11.2 Å². The Morgan fingerprint density at radius 1 is 1.25 bits per heavy atom. The molecule has 0 radical (unpaired) electrons. The molecule has 3 rings (SSSR count). The summed E-state index contributed by atoms with van der Waals surface area (Å²) in [4.78, 5) is 4.28. The molecule has 0 aromatic carbocycles. The van der Waals surface area contributed by atoms with Crippen LogP contribution in [0.4, 0.5) is 0 Å². The zero-order chi connectivity index (χ0) is 14.5. The van der Waals surface area contributed by atoms with Crippen molar-refractivity contribution in [1.82, 2.24) is 4.98 Å². The molecule has 1 aliphatic carbocycles. The van der Waals surface area contributed by atoms with Gasteiger partial charge in [-0.1, -0.05) is 6.07 Å². The summed E-state index contributed by atoms with van der Waals surface area (Å²) in [6.07, 6.45) is 4.22. The second kappa shape index (κ2) is 4.31. The van der Waals surface area contributed by atoms with Crippen LogP contribution < -0.4 is 5.46 Å². The summed E-state index contributed by atoms with van der Waals surface area (Å²) in [5, 5.41) is 9.26. The van der Waals surface area contributed by atoms with E-state index in [0.717, 1.165) is 5.46 Å². The third kappa shape index (κ3) is 2.13. The lowest BCUT2D eigenvalue weighted by Crippen LogP contribution is -2.41. The molecular formula is C15H19BN2O2. The summed E-state index contributed by atoms with van der Waals surface area (Å²) in [5.74, 6) is 0.594. The van der Waals surface area contributed by atoms with Crippen LogP contribution >= 0.6 is 0 Å². The monoisotopic (exact) mass is 270 g/mol. The van der Waals surface area contributed by atoms with Crippen LogP contribution in [0.25, 0.3) is 0 Å². The highest BCUT2D eigenvalue weighted by Gasteiger charge is 2.52. The second-order valence-electron chi connectivity index (χ2n) is 6.68. The van der Waals surface area contributed by atoms with Gasteiger partial charge < -0.3 is 9.31 Å². The average Bonchev–Trinajstić information content (AvgIpc) is 3.17. The van der Waals surface area contributed by atoms with E-state index in [0.29, 0.717) is 11.6 Å². The number of rotatable bonds is 2. The first-order valence-electron chi connectivity index (χ1n) is 7.09. The van der Waals surface area contributed by atoms with Crippen LogP contribution in [0.2, 0.25) is 0 Å². The third-order valence-corrected chi connectivity index (χ3v) is 4.60. The first-order chi connectivity index (χ1) is 9.34. The number of aromatic nitrogens is 1. The van der Waals surface area contributed by atoms with Crippen molar-refractivity contribution in [2.45, 2.75) is 57.7 Å². The molecule has 0 bridgehead atoms. The van der Waals surface area contributed by atoms with Crippen molar-refractivity contribution >= 4 is 12.6 Å². The Kier molecular flexibility index (Phi) is 2.93. The smallest absolute Gasteiger partial charge is 0.399 e. The molecule has 1 saturated heterocycles. The van der Waals surface area contributed by atoms with Gasteiger partial charge in [-0.05, 0) is 52.0 Å². The van der Waals surface area contributed by atoms with Crippen molar-refractivity contribution in [3.05, 3.63) is 23.5 Å². The Morgan fingerprint density at radius 2 is 1.85 bits per heavy atom. The van der Waals surface area contributed by atoms with Crippen molar-refractivity contribution in [1.29, 1.82) is 5.26 Å². The van der Waals surface area contributed by atoms with Gasteiger partial charge in [0.25, 0.3) is 0 Å². The quantitative estimate of drug-likeness (QED) is 0.772. The molecule has 5 heteroatoms. The van der Waals surface area contributed by atoms with Gasteiger partial charge in [-0.25, -0.2) is 4.98 Å². The highest BCUT2D eigenvalue weighted by molar-refractivity contribution is 6.62. The van der Waals surface area contributed by atoms with Crippen molar-refractivity contribution in [2.75, 3.05) is 0 Å². The molecular weight excluding hydrogens is 251 g/mol. The molecule has 0 atom stereocenters. The molecule has 4 nitrogen and oxygen atoms in total. The summed E-state index contributed by atoms with van der Waals surface area (Å²) in [6, 6.07) is 4.18. The highest BCUT2D eigenvalue weighted by atomic mass is 16.7. The number of nitriles is 1. The molecule has 2 fully saturated rings. The molecule has 0 amide bonds. The summed E-state index contributed by atoms with van der Waals surface area (Å²) in [7, 11) is -0.513. The molecule has 0 unspecified atom stereocenters. The fourth-order valence-corrected chi connectivity index (χ4v) is 2.38. The maximum atomic E-state index is 9.26. The van der Waals surface area contributed by atoms with Crippen LogP contribution in [-0.4, -0.2) is 23.3 Å². The van der Waals surface area contributed by atoms with Crippen LogP contribution in [0.5, 0.6) is 0 Å². The third-order valence-electron chi connectivity index (χ3n) is 4.60. The Labute approximate surface area is 120 Å². The van der Waals surface area contributed by atoms with Gasteiger partial charge in [-0.15, -0.1) is 0 Å². The zero-order valence-electron chi connectivity index (χ0n) is 12.4. The summed E-state index contributed by atoms with van der Waals surface area (Å²) in [6.45, 7) is 8.04. The van der Waals surface area contributed by atoms with E-state index < -0.39 is 18.3 Å². The van der Waals surface area contributed by atoms with E-state index in [2.05, 4.69) is 11.1 Å². The van der Waals surface area contributed by atoms with Gasteiger partial charge in [0.2, 0.25) is 0 Å². The van der Waals surface area contributed by atoms with Gasteiger partial charge in [0, 0.05) is 11.7 Å². The predicted octanol–water partition coefficient (Wildman–Crippen LogP) is 2.13. The van der Waals surface area contributed by atoms with E-state index >= 15 is 0 Å². The molecule has 20 heavy (non-hydrogen) atoms. The first-order valence-corrected chi connectivity index (χ1v) is 7.09. The lowest BCUT2D eigenvalue weighted by Gasteiger charge is -2.32. The minimum atomic E-state index is -0.513. The highest BCUT2D eigenvalue weighted by Crippen LogP contribution is 2.40. The van der Waals surface area contributed by atoms with Crippen molar-refractivity contribution in [3.8, 4) is 6.07 Å². The first kappa shape index (κ1) is 13.6. The summed E-state index contributed by atoms with van der Waals surface area (Å²) < 4.78 is 12.1. The van der Waals surface area contributed by atoms with E-state index in [1.54, 1.807) is 0 Å². The Balaban J connectivity index is 1.98. The lowest BCUT2D eigenvalue weighted by atomic mass is 9.77. The molecule has 2 aliphatic rings. The van der Waals surface area contributed by atoms with Crippen LogP contribution in [0, 0.1) is 11.3 Å². The van der Waals surface area contributed by atoms with Gasteiger partial charge in [0.1, 0.15) is 11.8 Å². The van der Waals surface area contributed by atoms with E-state index in [1.807, 2.05) is 40.0 Å². The Bertz CT molecular complexity index is 572. The normalized spacial score (nSPS) is 23.6. The minimum absolute atomic E-state index is 0.396. The largest absolute Gasteiger partial charge is 0.497 e. The van der Waals surface area contributed by atoms with Gasteiger partial charge in [-0.2, -0.15) is 5.26 Å². The van der Waals surface area contributed by atoms with Crippen molar-refractivity contribution in [2.24, 2.45) is 0 Å². The SMILES string of the molecule is CC1(C)OB(c2cc(C3CC3)cnc2C#N)OC1(C)C. The van der Waals surface area contributed by atoms with E-state index in [-0.39, 0.29) is 0 Å². The molecule has 1 saturated carbocycles. The fraction of sp³-hybridized carbons (Fsp3) is 0.600. The van der Waals surface area contributed by atoms with Crippen LogP contribution in [-0.2, 0) is 9.31 Å². The average molecular weight is 270 g/mol. The molecule has 104 valence electrons. The molecule has 1 aromatic heterocycles. The van der Waals surface area contributed by atoms with E-state index in [9.17, 15) is 5.26 Å². The topological polar surface area (TPSA) is 55.1 Å². The molecule has 1 aromatic rings. The summed E-state index contributed by atoms with van der Waals surface area (Å²) >= 11 is 0. The van der Waals surface area contributed by atoms with Gasteiger partial charge >= 0.3 is 7.12 Å². The fourth-order valence-electron chi connectivity index (χ4n) is 2.38. The van der Waals surface area contributed by atoms with Crippen LogP contribution in [0.3, 0.4) is 0 Å². The van der Waals surface area contributed by atoms with E-state index in [1.165, 1.54) is 18.4 Å². The van der Waals surface area contributed by atoms with Crippen LogP contribution in [0.1, 0.15) is 57.7 Å². The molecule has 0 spiro atoms. The zero-order valence-corrected chi connectivity index (χ0v) is 12.4. The Hall–Kier alpha value is -1.38. The Morgan fingerprint density at radius 3 is 2.35 bits per heavy atom. The van der Waals surface area contributed by atoms with Crippen molar-refractivity contribution in [3.63, 3.8) is 0 Å². The number of hydrogen-bond acceptors (Lipinski definition) is 4. The standard InChI is InChI=1S/C15H19BN2O2/c1-14(2)15(3,4)20-16(19-14)12-7-11(10-5-6-10)9-18-13(12)8-17/h7,9-10H,5-6H2,1-4H3. The second-order valence-corrected chi connectivity index (χ2v) is 6.68. The summed E-state index contributed by atoms with van der Waals surface area (Å²) in [5.41, 5.74) is 1.54. The van der Waals surface area contributed by atoms with Gasteiger partial charge in [0.15, 0.2) is 0 Å². The maximum absolute atomic E-state index is 9.26. The van der Waals surface area contributed by atoms with Crippen LogP contribution in [0.15, 0.2) is 12.3 Å². The molecule has 1 aliphatic heterocycles. The maximum Gasteiger partial charge on any atom is 0.497 e. The number of hydrogen-bond donors (Lipinski definition) is 0. The lowest BCUT2D eigenvalue weighted by molar-refractivity contribution is 0.00578. The van der Waals surface area contributed by atoms with E-state index in [4.69, 9.17) is 9.31 Å². The minimum Gasteiger partial charge on any atom is -0.399 e. The van der Waals surface area contributed by atoms with Gasteiger partial charge in [-0.3, -0.25) is 0 Å².